The normalized spacial score (nSPS) is 19.8. The van der Waals surface area contributed by atoms with Crippen molar-refractivity contribution < 1.29 is 4.74 Å². The standard InChI is InChI=1S/C15H22BrNO/c1-2-12-5-6-15(14(16)10-12)18-9-7-13-4-3-8-17-11-13/h5-6,10,13,17H,2-4,7-9,11H2,1H3. The Hall–Kier alpha value is -0.540. The number of nitrogens with one attached hydrogen (secondary N) is 1. The second-order valence-electron chi connectivity index (χ2n) is 4.97. The van der Waals surface area contributed by atoms with Gasteiger partial charge in [0.2, 0.25) is 0 Å². The Labute approximate surface area is 118 Å². The van der Waals surface area contributed by atoms with Gasteiger partial charge in [-0.25, -0.2) is 0 Å². The molecular weight excluding hydrogens is 290 g/mol. The molecule has 3 heteroatoms. The predicted molar refractivity (Wildman–Crippen MR) is 79.2 cm³/mol. The molecule has 1 aliphatic rings. The minimum Gasteiger partial charge on any atom is -0.492 e. The van der Waals surface area contributed by atoms with E-state index in [1.807, 2.05) is 0 Å². The number of hydrogen-bond donors (Lipinski definition) is 1. The number of piperidine rings is 1. The maximum Gasteiger partial charge on any atom is 0.133 e. The monoisotopic (exact) mass is 311 g/mol. The molecule has 0 radical (unpaired) electrons. The van der Waals surface area contributed by atoms with Crippen molar-refractivity contribution in [2.45, 2.75) is 32.6 Å². The van der Waals surface area contributed by atoms with Crippen LogP contribution in [0.15, 0.2) is 22.7 Å². The largest absolute Gasteiger partial charge is 0.492 e. The van der Waals surface area contributed by atoms with E-state index in [0.29, 0.717) is 0 Å². The molecule has 1 aliphatic heterocycles. The molecule has 0 spiro atoms. The molecule has 1 saturated heterocycles. The van der Waals surface area contributed by atoms with Crippen LogP contribution in [0, 0.1) is 5.92 Å². The van der Waals surface area contributed by atoms with Crippen molar-refractivity contribution in [1.82, 2.24) is 5.32 Å². The number of benzene rings is 1. The lowest BCUT2D eigenvalue weighted by Gasteiger charge is -2.22. The topological polar surface area (TPSA) is 21.3 Å². The van der Waals surface area contributed by atoms with Crippen LogP contribution in [0.5, 0.6) is 5.75 Å². The maximum atomic E-state index is 5.86. The second kappa shape index (κ2) is 7.15. The van der Waals surface area contributed by atoms with Crippen LogP contribution in [0.3, 0.4) is 0 Å². The number of hydrogen-bond acceptors (Lipinski definition) is 2. The first-order valence-electron chi connectivity index (χ1n) is 6.91. The summed E-state index contributed by atoms with van der Waals surface area (Å²) in [6, 6.07) is 6.36. The lowest BCUT2D eigenvalue weighted by Crippen LogP contribution is -2.30. The summed E-state index contributed by atoms with van der Waals surface area (Å²) in [6.45, 7) is 5.31. The van der Waals surface area contributed by atoms with E-state index >= 15 is 0 Å². The van der Waals surface area contributed by atoms with Crippen LogP contribution < -0.4 is 10.1 Å². The second-order valence-corrected chi connectivity index (χ2v) is 5.82. The molecule has 1 unspecified atom stereocenters. The fourth-order valence-electron chi connectivity index (χ4n) is 2.39. The Morgan fingerprint density at radius 3 is 3.00 bits per heavy atom. The summed E-state index contributed by atoms with van der Waals surface area (Å²) < 4.78 is 6.94. The molecular formula is C15H22BrNO. The van der Waals surface area contributed by atoms with Crippen LogP contribution in [-0.2, 0) is 6.42 Å². The molecule has 0 aliphatic carbocycles. The highest BCUT2D eigenvalue weighted by Crippen LogP contribution is 2.26. The van der Waals surface area contributed by atoms with Crippen molar-refractivity contribution in [3.8, 4) is 5.75 Å². The summed E-state index contributed by atoms with van der Waals surface area (Å²) in [5, 5.41) is 3.45. The number of rotatable bonds is 5. The van der Waals surface area contributed by atoms with Crippen molar-refractivity contribution in [2.75, 3.05) is 19.7 Å². The van der Waals surface area contributed by atoms with E-state index in [1.54, 1.807) is 0 Å². The summed E-state index contributed by atoms with van der Waals surface area (Å²) in [6.07, 6.45) is 4.85. The van der Waals surface area contributed by atoms with Gasteiger partial charge in [0, 0.05) is 0 Å². The molecule has 1 aromatic rings. The zero-order chi connectivity index (χ0) is 12.8. The van der Waals surface area contributed by atoms with E-state index in [-0.39, 0.29) is 0 Å². The van der Waals surface area contributed by atoms with Crippen LogP contribution >= 0.6 is 15.9 Å². The van der Waals surface area contributed by atoms with Gasteiger partial charge in [-0.15, -0.1) is 0 Å². The van der Waals surface area contributed by atoms with Gasteiger partial charge in [0.1, 0.15) is 5.75 Å². The smallest absolute Gasteiger partial charge is 0.133 e. The van der Waals surface area contributed by atoms with Gasteiger partial charge < -0.3 is 10.1 Å². The van der Waals surface area contributed by atoms with Crippen molar-refractivity contribution in [3.05, 3.63) is 28.2 Å². The van der Waals surface area contributed by atoms with Gasteiger partial charge in [0.15, 0.2) is 0 Å². The van der Waals surface area contributed by atoms with E-state index in [2.05, 4.69) is 46.4 Å². The summed E-state index contributed by atoms with van der Waals surface area (Å²) >= 11 is 3.58. The van der Waals surface area contributed by atoms with Crippen LogP contribution in [-0.4, -0.2) is 19.7 Å². The SMILES string of the molecule is CCc1ccc(OCCC2CCCNC2)c(Br)c1. The minimum atomic E-state index is 0.785. The van der Waals surface area contributed by atoms with Crippen LogP contribution in [0.25, 0.3) is 0 Å². The molecule has 0 bridgehead atoms. The third-order valence-corrected chi connectivity index (χ3v) is 4.21. The molecule has 2 rings (SSSR count). The molecule has 1 fully saturated rings. The van der Waals surface area contributed by atoms with E-state index in [4.69, 9.17) is 4.74 Å². The highest BCUT2D eigenvalue weighted by atomic mass is 79.9. The first-order valence-corrected chi connectivity index (χ1v) is 7.71. The van der Waals surface area contributed by atoms with E-state index < -0.39 is 0 Å². The van der Waals surface area contributed by atoms with Gasteiger partial charge in [-0.3, -0.25) is 0 Å². The molecule has 18 heavy (non-hydrogen) atoms. The summed E-state index contributed by atoms with van der Waals surface area (Å²) in [5.74, 6) is 1.75. The third kappa shape index (κ3) is 3.99. The number of aryl methyl sites for hydroxylation is 1. The fourth-order valence-corrected chi connectivity index (χ4v) is 2.93. The van der Waals surface area contributed by atoms with Gasteiger partial charge in [-0.1, -0.05) is 13.0 Å². The Kier molecular flexibility index (Phi) is 5.51. The molecule has 1 N–H and O–H groups in total. The molecule has 0 saturated carbocycles. The van der Waals surface area contributed by atoms with Crippen LogP contribution in [0.2, 0.25) is 0 Å². The summed E-state index contributed by atoms with van der Waals surface area (Å²) in [5.41, 5.74) is 1.34. The van der Waals surface area contributed by atoms with Crippen LogP contribution in [0.4, 0.5) is 0 Å². The lowest BCUT2D eigenvalue weighted by molar-refractivity contribution is 0.253. The number of ether oxygens (including phenoxy) is 1. The van der Waals surface area contributed by atoms with Gasteiger partial charge in [0.05, 0.1) is 11.1 Å². The van der Waals surface area contributed by atoms with Gasteiger partial charge >= 0.3 is 0 Å². The van der Waals surface area contributed by atoms with Crippen molar-refractivity contribution in [2.24, 2.45) is 5.92 Å². The fraction of sp³-hybridized carbons (Fsp3) is 0.600. The molecule has 1 aromatic carbocycles. The highest BCUT2D eigenvalue weighted by Gasteiger charge is 2.12. The zero-order valence-corrected chi connectivity index (χ0v) is 12.6. The van der Waals surface area contributed by atoms with Crippen LogP contribution in [0.1, 0.15) is 31.7 Å². The molecule has 2 nitrogen and oxygen atoms in total. The average molecular weight is 312 g/mol. The highest BCUT2D eigenvalue weighted by molar-refractivity contribution is 9.10. The first-order chi connectivity index (χ1) is 8.79. The van der Waals surface area contributed by atoms with E-state index in [9.17, 15) is 0 Å². The van der Waals surface area contributed by atoms with Crippen molar-refractivity contribution in [1.29, 1.82) is 0 Å². The summed E-state index contributed by atoms with van der Waals surface area (Å²) in [7, 11) is 0. The zero-order valence-electron chi connectivity index (χ0n) is 11.0. The molecule has 1 heterocycles. The van der Waals surface area contributed by atoms with E-state index in [0.717, 1.165) is 42.1 Å². The van der Waals surface area contributed by atoms with Gasteiger partial charge in [-0.2, -0.15) is 0 Å². The molecule has 1 atom stereocenters. The Balaban J connectivity index is 1.79. The van der Waals surface area contributed by atoms with Crippen molar-refractivity contribution >= 4 is 15.9 Å². The Bertz CT molecular complexity index is 375. The average Bonchev–Trinajstić information content (AvgIpc) is 2.42. The Morgan fingerprint density at radius 1 is 1.44 bits per heavy atom. The molecule has 0 aromatic heterocycles. The molecule has 100 valence electrons. The first kappa shape index (κ1) is 13.9. The van der Waals surface area contributed by atoms with Crippen molar-refractivity contribution in [3.63, 3.8) is 0 Å². The lowest BCUT2D eigenvalue weighted by atomic mass is 9.97. The van der Waals surface area contributed by atoms with Gasteiger partial charge in [0.25, 0.3) is 0 Å². The summed E-state index contributed by atoms with van der Waals surface area (Å²) in [4.78, 5) is 0. The third-order valence-electron chi connectivity index (χ3n) is 3.59. The molecule has 0 amide bonds. The predicted octanol–water partition coefficient (Wildman–Crippen LogP) is 3.78. The maximum absolute atomic E-state index is 5.86. The Morgan fingerprint density at radius 2 is 2.33 bits per heavy atom. The van der Waals surface area contributed by atoms with Gasteiger partial charge in [-0.05, 0) is 78.3 Å². The van der Waals surface area contributed by atoms with E-state index in [1.165, 1.54) is 24.9 Å². The number of halogens is 1. The minimum absolute atomic E-state index is 0.785. The quantitative estimate of drug-likeness (QED) is 0.893.